The van der Waals surface area contributed by atoms with Crippen molar-refractivity contribution in [3.8, 4) is 0 Å². The molecule has 2 saturated heterocycles. The molecule has 2 aliphatic heterocycles. The Morgan fingerprint density at radius 1 is 1.15 bits per heavy atom. The maximum Gasteiger partial charge on any atom is 0.236 e. The molecular weight excluding hydrogens is 378 g/mol. The normalized spacial score (nSPS) is 20.9. The Hall–Kier alpha value is -1.08. The first-order valence-electron chi connectivity index (χ1n) is 8.84. The van der Waals surface area contributed by atoms with Crippen LogP contribution in [0.25, 0.3) is 0 Å². The third-order valence-corrected chi connectivity index (χ3v) is 5.10. The van der Waals surface area contributed by atoms with Crippen LogP contribution in [0.15, 0.2) is 24.3 Å². The quantitative estimate of drug-likeness (QED) is 0.829. The van der Waals surface area contributed by atoms with E-state index in [0.29, 0.717) is 44.5 Å². The summed E-state index contributed by atoms with van der Waals surface area (Å²) < 4.78 is 13.9. The van der Waals surface area contributed by atoms with Crippen LogP contribution in [0.2, 0.25) is 0 Å². The Morgan fingerprint density at radius 2 is 1.85 bits per heavy atom. The molecule has 1 aromatic carbocycles. The highest BCUT2D eigenvalue weighted by Crippen LogP contribution is 2.20. The summed E-state index contributed by atoms with van der Waals surface area (Å²) in [5.41, 5.74) is 0.637. The standard InChI is InChI=1S/C18H27FN4O.2ClH/c1-20-15-5-4-8-21(13-15)14-18(24)23-11-9-22(10-12-23)17-7-3-2-6-16(17)19;;/h2-3,6-7,15,20H,4-5,8-14H2,1H3;2*1H. The van der Waals surface area contributed by atoms with Crippen LogP contribution in [0.1, 0.15) is 12.8 Å². The van der Waals surface area contributed by atoms with Gasteiger partial charge in [-0.2, -0.15) is 0 Å². The third kappa shape index (κ3) is 5.71. The zero-order chi connectivity index (χ0) is 16.9. The van der Waals surface area contributed by atoms with Gasteiger partial charge in [-0.25, -0.2) is 4.39 Å². The van der Waals surface area contributed by atoms with E-state index in [9.17, 15) is 9.18 Å². The fourth-order valence-electron chi connectivity index (χ4n) is 3.63. The number of nitrogens with one attached hydrogen (secondary N) is 1. The maximum atomic E-state index is 13.9. The van der Waals surface area contributed by atoms with E-state index in [4.69, 9.17) is 0 Å². The monoisotopic (exact) mass is 406 g/mol. The molecule has 0 radical (unpaired) electrons. The first-order chi connectivity index (χ1) is 11.7. The molecule has 26 heavy (non-hydrogen) atoms. The minimum Gasteiger partial charge on any atom is -0.366 e. The summed E-state index contributed by atoms with van der Waals surface area (Å²) in [5, 5.41) is 3.31. The van der Waals surface area contributed by atoms with E-state index >= 15 is 0 Å². The van der Waals surface area contributed by atoms with Crippen molar-refractivity contribution in [1.82, 2.24) is 15.1 Å². The number of likely N-dealkylation sites (N-methyl/N-ethyl adjacent to an activating group) is 1. The molecule has 5 nitrogen and oxygen atoms in total. The molecule has 1 N–H and O–H groups in total. The number of hydrogen-bond donors (Lipinski definition) is 1. The first-order valence-corrected chi connectivity index (χ1v) is 8.84. The number of carbonyl (C=O) groups is 1. The lowest BCUT2D eigenvalue weighted by Crippen LogP contribution is -2.53. The molecule has 0 spiro atoms. The molecule has 0 aromatic heterocycles. The summed E-state index contributed by atoms with van der Waals surface area (Å²) >= 11 is 0. The van der Waals surface area contributed by atoms with Crippen molar-refractivity contribution in [2.75, 3.05) is 57.8 Å². The molecule has 8 heteroatoms. The Kier molecular flexibility index (Phi) is 9.64. The number of benzene rings is 1. The van der Waals surface area contributed by atoms with Crippen molar-refractivity contribution in [3.05, 3.63) is 30.1 Å². The average molecular weight is 407 g/mol. The molecule has 148 valence electrons. The van der Waals surface area contributed by atoms with E-state index in [1.807, 2.05) is 22.9 Å². The maximum absolute atomic E-state index is 13.9. The molecular formula is C18H29Cl2FN4O. The van der Waals surface area contributed by atoms with Crippen LogP contribution in [0.3, 0.4) is 0 Å². The second-order valence-electron chi connectivity index (χ2n) is 6.68. The minimum absolute atomic E-state index is 0. The van der Waals surface area contributed by atoms with Crippen LogP contribution < -0.4 is 10.2 Å². The van der Waals surface area contributed by atoms with Gasteiger partial charge in [-0.15, -0.1) is 24.8 Å². The van der Waals surface area contributed by atoms with Gasteiger partial charge in [0.05, 0.1) is 12.2 Å². The summed E-state index contributed by atoms with van der Waals surface area (Å²) in [6, 6.07) is 7.34. The van der Waals surface area contributed by atoms with E-state index in [-0.39, 0.29) is 36.5 Å². The number of likely N-dealkylation sites (tertiary alicyclic amines) is 1. The number of piperidine rings is 1. The van der Waals surface area contributed by atoms with Gasteiger partial charge in [0.2, 0.25) is 5.91 Å². The van der Waals surface area contributed by atoms with Gasteiger partial charge in [0, 0.05) is 38.8 Å². The highest BCUT2D eigenvalue weighted by molar-refractivity contribution is 5.85. The summed E-state index contributed by atoms with van der Waals surface area (Å²) in [4.78, 5) is 18.7. The zero-order valence-corrected chi connectivity index (χ0v) is 16.8. The van der Waals surface area contributed by atoms with Crippen molar-refractivity contribution in [3.63, 3.8) is 0 Å². The molecule has 2 heterocycles. The fourth-order valence-corrected chi connectivity index (χ4v) is 3.63. The van der Waals surface area contributed by atoms with E-state index in [0.717, 1.165) is 19.5 Å². The van der Waals surface area contributed by atoms with Crippen LogP contribution in [0.4, 0.5) is 10.1 Å². The van der Waals surface area contributed by atoms with E-state index in [1.165, 1.54) is 12.5 Å². The van der Waals surface area contributed by atoms with Gasteiger partial charge in [-0.3, -0.25) is 9.69 Å². The van der Waals surface area contributed by atoms with Crippen molar-refractivity contribution < 1.29 is 9.18 Å². The topological polar surface area (TPSA) is 38.8 Å². The second kappa shape index (κ2) is 10.9. The molecule has 1 amide bonds. The summed E-state index contributed by atoms with van der Waals surface area (Å²) in [7, 11) is 1.98. The number of carbonyl (C=O) groups excluding carboxylic acids is 1. The minimum atomic E-state index is -0.191. The predicted molar refractivity (Wildman–Crippen MR) is 108 cm³/mol. The Morgan fingerprint density at radius 3 is 2.50 bits per heavy atom. The lowest BCUT2D eigenvalue weighted by Gasteiger charge is -2.38. The van der Waals surface area contributed by atoms with Crippen LogP contribution in [0.5, 0.6) is 0 Å². The van der Waals surface area contributed by atoms with Crippen molar-refractivity contribution in [2.24, 2.45) is 0 Å². The lowest BCUT2D eigenvalue weighted by molar-refractivity contribution is -0.133. The third-order valence-electron chi connectivity index (χ3n) is 5.10. The predicted octanol–water partition coefficient (Wildman–Crippen LogP) is 2.00. The van der Waals surface area contributed by atoms with Gasteiger partial charge < -0.3 is 15.1 Å². The molecule has 1 atom stereocenters. The number of rotatable bonds is 4. The van der Waals surface area contributed by atoms with Crippen molar-refractivity contribution >= 4 is 36.4 Å². The summed E-state index contributed by atoms with van der Waals surface area (Å²) in [5.74, 6) is 0.00337. The van der Waals surface area contributed by atoms with E-state index in [2.05, 4.69) is 10.2 Å². The van der Waals surface area contributed by atoms with Crippen LogP contribution in [-0.4, -0.2) is 74.6 Å². The van der Waals surface area contributed by atoms with Crippen LogP contribution in [-0.2, 0) is 4.79 Å². The number of nitrogens with zero attached hydrogens (tertiary/aromatic N) is 3. The largest absolute Gasteiger partial charge is 0.366 e. The number of hydrogen-bond acceptors (Lipinski definition) is 4. The first kappa shape index (κ1) is 23.0. The number of para-hydroxylation sites is 1. The van der Waals surface area contributed by atoms with E-state index < -0.39 is 0 Å². The van der Waals surface area contributed by atoms with Gasteiger partial charge >= 0.3 is 0 Å². The molecule has 1 unspecified atom stereocenters. The molecule has 0 aliphatic carbocycles. The number of halogens is 3. The second-order valence-corrected chi connectivity index (χ2v) is 6.68. The average Bonchev–Trinajstić information content (AvgIpc) is 2.62. The van der Waals surface area contributed by atoms with Gasteiger partial charge in [0.1, 0.15) is 5.82 Å². The Bertz CT molecular complexity index is 570. The number of amides is 1. The molecule has 0 bridgehead atoms. The van der Waals surface area contributed by atoms with Gasteiger partial charge in [0.15, 0.2) is 0 Å². The molecule has 1 aromatic rings. The van der Waals surface area contributed by atoms with Crippen LogP contribution >= 0.6 is 24.8 Å². The lowest BCUT2D eigenvalue weighted by atomic mass is 10.1. The van der Waals surface area contributed by atoms with Crippen molar-refractivity contribution in [1.29, 1.82) is 0 Å². The Labute approximate surface area is 167 Å². The SMILES string of the molecule is CNC1CCCN(CC(=O)N2CCN(c3ccccc3F)CC2)C1.Cl.Cl. The summed E-state index contributed by atoms with van der Waals surface area (Å²) in [6.07, 6.45) is 2.32. The number of piperazine rings is 1. The molecule has 3 rings (SSSR count). The van der Waals surface area contributed by atoms with Gasteiger partial charge in [0.25, 0.3) is 0 Å². The summed E-state index contributed by atoms with van der Waals surface area (Å²) in [6.45, 7) is 5.14. The molecule has 2 fully saturated rings. The van der Waals surface area contributed by atoms with Crippen molar-refractivity contribution in [2.45, 2.75) is 18.9 Å². The smallest absolute Gasteiger partial charge is 0.236 e. The van der Waals surface area contributed by atoms with E-state index in [1.54, 1.807) is 12.1 Å². The zero-order valence-electron chi connectivity index (χ0n) is 15.2. The van der Waals surface area contributed by atoms with Gasteiger partial charge in [-0.1, -0.05) is 12.1 Å². The highest BCUT2D eigenvalue weighted by Gasteiger charge is 2.26. The molecule has 0 saturated carbocycles. The van der Waals surface area contributed by atoms with Crippen LogP contribution in [0, 0.1) is 5.82 Å². The fraction of sp³-hybridized carbons (Fsp3) is 0.611. The van der Waals surface area contributed by atoms with Gasteiger partial charge in [-0.05, 0) is 38.6 Å². The highest BCUT2D eigenvalue weighted by atomic mass is 35.5. The molecule has 2 aliphatic rings. The number of anilines is 1. The Balaban J connectivity index is 0.00000169.